The number of thiazole rings is 1. The molecule has 1 N–H and O–H groups in total. The Bertz CT molecular complexity index is 735. The molecule has 1 saturated heterocycles. The van der Waals surface area contributed by atoms with Crippen molar-refractivity contribution in [3.05, 3.63) is 45.4 Å². The van der Waals surface area contributed by atoms with Crippen LogP contribution in [0, 0.1) is 6.92 Å². The zero-order valence-corrected chi connectivity index (χ0v) is 16.4. The zero-order chi connectivity index (χ0) is 17.1. The molecule has 7 heteroatoms. The monoisotopic (exact) mass is 381 g/mol. The maximum absolute atomic E-state index is 13.2. The van der Waals surface area contributed by atoms with E-state index < -0.39 is 0 Å². The number of rotatable bonds is 4. The van der Waals surface area contributed by atoms with Crippen LogP contribution in [0.4, 0.5) is 0 Å². The van der Waals surface area contributed by atoms with E-state index in [1.807, 2.05) is 36.1 Å². The van der Waals surface area contributed by atoms with Crippen LogP contribution >= 0.6 is 23.7 Å². The SMILES string of the molecule is CCc1nc(C)c(C(=O)N2CCNCC2c2ccccc2OC)s1.Cl. The predicted molar refractivity (Wildman–Crippen MR) is 103 cm³/mol. The van der Waals surface area contributed by atoms with Crippen LogP contribution in [-0.4, -0.2) is 42.5 Å². The molecule has 1 aromatic heterocycles. The van der Waals surface area contributed by atoms with Gasteiger partial charge in [0.05, 0.1) is 23.9 Å². The maximum atomic E-state index is 13.2. The van der Waals surface area contributed by atoms with Crippen molar-refractivity contribution in [2.75, 3.05) is 26.7 Å². The predicted octanol–water partition coefficient (Wildman–Crippen LogP) is 3.23. The quantitative estimate of drug-likeness (QED) is 0.883. The van der Waals surface area contributed by atoms with Gasteiger partial charge in [-0.1, -0.05) is 25.1 Å². The van der Waals surface area contributed by atoms with Crippen molar-refractivity contribution in [1.82, 2.24) is 15.2 Å². The first kappa shape index (κ1) is 19.7. The van der Waals surface area contributed by atoms with E-state index in [9.17, 15) is 4.79 Å². The van der Waals surface area contributed by atoms with E-state index in [2.05, 4.69) is 17.2 Å². The Morgan fingerprint density at radius 1 is 1.44 bits per heavy atom. The molecule has 25 heavy (non-hydrogen) atoms. The molecule has 5 nitrogen and oxygen atoms in total. The Labute approximate surface area is 158 Å². The molecule has 3 rings (SSSR count). The average Bonchev–Trinajstić information content (AvgIpc) is 3.02. The van der Waals surface area contributed by atoms with Gasteiger partial charge in [-0.2, -0.15) is 0 Å². The summed E-state index contributed by atoms with van der Waals surface area (Å²) >= 11 is 1.51. The molecule has 1 fully saturated rings. The fraction of sp³-hybridized carbons (Fsp3) is 0.444. The molecule has 0 bridgehead atoms. The lowest BCUT2D eigenvalue weighted by Gasteiger charge is -2.37. The van der Waals surface area contributed by atoms with E-state index in [-0.39, 0.29) is 24.4 Å². The molecular formula is C18H24ClN3O2S. The summed E-state index contributed by atoms with van der Waals surface area (Å²) in [6, 6.07) is 7.88. The van der Waals surface area contributed by atoms with Crippen molar-refractivity contribution in [3.8, 4) is 5.75 Å². The number of ether oxygens (including phenoxy) is 1. The molecule has 0 aliphatic carbocycles. The number of piperazine rings is 1. The van der Waals surface area contributed by atoms with E-state index >= 15 is 0 Å². The van der Waals surface area contributed by atoms with Crippen LogP contribution in [0.3, 0.4) is 0 Å². The van der Waals surface area contributed by atoms with Crippen molar-refractivity contribution in [3.63, 3.8) is 0 Å². The van der Waals surface area contributed by atoms with Gasteiger partial charge < -0.3 is 15.0 Å². The fourth-order valence-corrected chi connectivity index (χ4v) is 4.06. The molecule has 1 aliphatic heterocycles. The van der Waals surface area contributed by atoms with Gasteiger partial charge in [0, 0.05) is 25.2 Å². The van der Waals surface area contributed by atoms with Crippen molar-refractivity contribution >= 4 is 29.7 Å². The Kier molecular flexibility index (Phi) is 6.81. The number of hydrogen-bond acceptors (Lipinski definition) is 5. The van der Waals surface area contributed by atoms with Crippen LogP contribution in [0.15, 0.2) is 24.3 Å². The van der Waals surface area contributed by atoms with Gasteiger partial charge in [-0.25, -0.2) is 4.98 Å². The first-order chi connectivity index (χ1) is 11.7. The van der Waals surface area contributed by atoms with Crippen molar-refractivity contribution in [2.45, 2.75) is 26.3 Å². The molecule has 2 heterocycles. The minimum absolute atomic E-state index is 0. The lowest BCUT2D eigenvalue weighted by atomic mass is 10.0. The second-order valence-electron chi connectivity index (χ2n) is 5.84. The smallest absolute Gasteiger partial charge is 0.266 e. The second kappa shape index (κ2) is 8.65. The summed E-state index contributed by atoms with van der Waals surface area (Å²) in [7, 11) is 1.67. The normalized spacial score (nSPS) is 17.1. The van der Waals surface area contributed by atoms with Crippen molar-refractivity contribution in [2.24, 2.45) is 0 Å². The van der Waals surface area contributed by atoms with Crippen LogP contribution in [0.5, 0.6) is 5.75 Å². The molecule has 0 saturated carbocycles. The van der Waals surface area contributed by atoms with Gasteiger partial charge in [-0.05, 0) is 19.4 Å². The Hall–Kier alpha value is -1.63. The van der Waals surface area contributed by atoms with Crippen LogP contribution < -0.4 is 10.1 Å². The molecule has 0 spiro atoms. The standard InChI is InChI=1S/C18H23N3O2S.ClH/c1-4-16-20-12(2)17(24-16)18(22)21-10-9-19-11-14(21)13-7-5-6-8-15(13)23-3;/h5-8,14,19H,4,9-11H2,1-3H3;1H. The summed E-state index contributed by atoms with van der Waals surface area (Å²) in [5.74, 6) is 0.890. The van der Waals surface area contributed by atoms with Gasteiger partial charge >= 0.3 is 0 Å². The Morgan fingerprint density at radius 2 is 2.20 bits per heavy atom. The van der Waals surface area contributed by atoms with Crippen LogP contribution in [-0.2, 0) is 6.42 Å². The number of methoxy groups -OCH3 is 1. The molecule has 1 unspecified atom stereocenters. The van der Waals surface area contributed by atoms with Gasteiger partial charge in [0.1, 0.15) is 10.6 Å². The minimum atomic E-state index is -0.0334. The number of halogens is 1. The lowest BCUT2D eigenvalue weighted by molar-refractivity contribution is 0.0635. The summed E-state index contributed by atoms with van der Waals surface area (Å²) in [6.45, 7) is 6.19. The third-order valence-corrected chi connectivity index (χ3v) is 5.63. The number of hydrogen-bond donors (Lipinski definition) is 1. The minimum Gasteiger partial charge on any atom is -0.496 e. The number of nitrogens with one attached hydrogen (secondary N) is 1. The van der Waals surface area contributed by atoms with Gasteiger partial charge in [0.25, 0.3) is 5.91 Å². The fourth-order valence-electron chi connectivity index (χ4n) is 3.10. The van der Waals surface area contributed by atoms with Crippen LogP contribution in [0.1, 0.15) is 38.9 Å². The van der Waals surface area contributed by atoms with Crippen LogP contribution in [0.25, 0.3) is 0 Å². The van der Waals surface area contributed by atoms with Crippen molar-refractivity contribution < 1.29 is 9.53 Å². The van der Waals surface area contributed by atoms with E-state index in [0.29, 0.717) is 6.54 Å². The number of para-hydroxylation sites is 1. The lowest BCUT2D eigenvalue weighted by Crippen LogP contribution is -2.48. The molecule has 2 aromatic rings. The molecule has 1 aromatic carbocycles. The van der Waals surface area contributed by atoms with Crippen LogP contribution in [0.2, 0.25) is 0 Å². The number of carbonyl (C=O) groups is 1. The molecule has 136 valence electrons. The van der Waals surface area contributed by atoms with E-state index in [0.717, 1.165) is 46.4 Å². The highest BCUT2D eigenvalue weighted by molar-refractivity contribution is 7.13. The zero-order valence-electron chi connectivity index (χ0n) is 14.7. The van der Waals surface area contributed by atoms with E-state index in [4.69, 9.17) is 4.74 Å². The van der Waals surface area contributed by atoms with Gasteiger partial charge in [-0.3, -0.25) is 4.79 Å². The largest absolute Gasteiger partial charge is 0.496 e. The number of nitrogens with zero attached hydrogens (tertiary/aromatic N) is 2. The molecular weight excluding hydrogens is 358 g/mol. The topological polar surface area (TPSA) is 54.5 Å². The molecule has 1 aliphatic rings. The maximum Gasteiger partial charge on any atom is 0.266 e. The first-order valence-corrected chi connectivity index (χ1v) is 9.08. The summed E-state index contributed by atoms with van der Waals surface area (Å²) in [6.07, 6.45) is 0.857. The number of amides is 1. The molecule has 1 amide bonds. The highest BCUT2D eigenvalue weighted by atomic mass is 35.5. The second-order valence-corrected chi connectivity index (χ2v) is 6.92. The first-order valence-electron chi connectivity index (χ1n) is 8.26. The molecule has 1 atom stereocenters. The number of benzene rings is 1. The average molecular weight is 382 g/mol. The van der Waals surface area contributed by atoms with Crippen molar-refractivity contribution in [1.29, 1.82) is 0 Å². The summed E-state index contributed by atoms with van der Waals surface area (Å²) in [5, 5.41) is 4.40. The molecule has 0 radical (unpaired) electrons. The number of aryl methyl sites for hydroxylation is 2. The highest BCUT2D eigenvalue weighted by Gasteiger charge is 2.32. The third-order valence-electron chi connectivity index (χ3n) is 4.34. The highest BCUT2D eigenvalue weighted by Crippen LogP contribution is 2.32. The summed E-state index contributed by atoms with van der Waals surface area (Å²) < 4.78 is 5.50. The Morgan fingerprint density at radius 3 is 2.88 bits per heavy atom. The Balaban J connectivity index is 0.00000225. The van der Waals surface area contributed by atoms with Gasteiger partial charge in [-0.15, -0.1) is 23.7 Å². The third kappa shape index (κ3) is 3.97. The number of carbonyl (C=O) groups excluding carboxylic acids is 1. The van der Waals surface area contributed by atoms with E-state index in [1.54, 1.807) is 7.11 Å². The summed E-state index contributed by atoms with van der Waals surface area (Å²) in [4.78, 5) is 20.4. The number of aromatic nitrogens is 1. The van der Waals surface area contributed by atoms with Gasteiger partial charge in [0.2, 0.25) is 0 Å². The summed E-state index contributed by atoms with van der Waals surface area (Å²) in [5.41, 5.74) is 1.87. The van der Waals surface area contributed by atoms with E-state index in [1.165, 1.54) is 11.3 Å². The van der Waals surface area contributed by atoms with Gasteiger partial charge in [0.15, 0.2) is 0 Å².